The number of ether oxygens (including phenoxy) is 3. The van der Waals surface area contributed by atoms with Gasteiger partial charge in [-0.2, -0.15) is 0 Å². The summed E-state index contributed by atoms with van der Waals surface area (Å²) in [6.45, 7) is 10.0. The topological polar surface area (TPSA) is 219 Å². The Morgan fingerprint density at radius 2 is 0.895 bits per heavy atom. The van der Waals surface area contributed by atoms with Gasteiger partial charge in [-0.15, -0.1) is 0 Å². The Kier molecular flexibility index (Phi) is 53.7. The van der Waals surface area contributed by atoms with Crippen molar-refractivity contribution in [3.63, 3.8) is 0 Å². The third-order valence-electron chi connectivity index (χ3n) is 13.6. The molecule has 3 aromatic rings. The first kappa shape index (κ1) is 84.0. The molecule has 8 rings (SSSR count). The Labute approximate surface area is 520 Å². The predicted molar refractivity (Wildman–Crippen MR) is 341 cm³/mol. The van der Waals surface area contributed by atoms with Crippen LogP contribution in [0.2, 0.25) is 6.82 Å². The zero-order chi connectivity index (χ0) is 62.1. The van der Waals surface area contributed by atoms with Gasteiger partial charge in [-0.05, 0) is 200 Å². The van der Waals surface area contributed by atoms with Gasteiger partial charge < -0.3 is 58.3 Å². The van der Waals surface area contributed by atoms with Crippen LogP contribution >= 0.6 is 10.7 Å². The SMILES string of the molecule is C.C.COCC1CCCN([B]C=O)C1.CS(=O)(=O)Cl.C[B]OOCB=O.Fc1ccc(OCC2CCCCC2)cc1.O=C[B]N1CCCC(CO)C1.O=C[B]N1CCCC(COc2ccc(F)cc2)C1.OCC1CCCCC1.Oc1ccc(F)cc1. The third-order valence-corrected chi connectivity index (χ3v) is 13.6. The first-order valence-electron chi connectivity index (χ1n) is 28.9. The van der Waals surface area contributed by atoms with E-state index < -0.39 is 9.05 Å². The second kappa shape index (κ2) is 55.0. The largest absolute Gasteiger partial charge is 0.508 e. The van der Waals surface area contributed by atoms with Crippen LogP contribution in [0, 0.1) is 47.0 Å². The molecule has 3 saturated heterocycles. The van der Waals surface area contributed by atoms with Crippen LogP contribution in [-0.2, 0) is 42.6 Å². The number of aromatic hydroxyl groups is 1. The van der Waals surface area contributed by atoms with E-state index in [0.717, 1.165) is 109 Å². The number of phenolic OH excluding ortho intramolecular Hbond substituents is 1. The molecule has 480 valence electrons. The zero-order valence-electron chi connectivity index (χ0n) is 49.3. The average molecular weight is 1250 g/mol. The fourth-order valence-electron chi connectivity index (χ4n) is 9.40. The molecule has 86 heavy (non-hydrogen) atoms. The fraction of sp³-hybridized carbons (Fsp3) is 0.644. The molecule has 2 aliphatic carbocycles. The molecule has 3 heterocycles. The van der Waals surface area contributed by atoms with Gasteiger partial charge in [0.25, 0.3) is 22.2 Å². The summed E-state index contributed by atoms with van der Waals surface area (Å²) < 4.78 is 81.9. The van der Waals surface area contributed by atoms with Crippen molar-refractivity contribution in [2.24, 2.45) is 29.6 Å². The number of halogens is 4. The van der Waals surface area contributed by atoms with Crippen LogP contribution in [0.5, 0.6) is 17.2 Å². The van der Waals surface area contributed by atoms with Crippen LogP contribution in [0.4, 0.5) is 13.2 Å². The summed E-state index contributed by atoms with van der Waals surface area (Å²) in [6.07, 6.45) is 23.3. The number of carbonyl (C=O) groups excluding carboxylic acids is 3. The molecule has 3 aromatic carbocycles. The van der Waals surface area contributed by atoms with Gasteiger partial charge in [-0.3, -0.25) is 0 Å². The maximum absolute atomic E-state index is 12.7. The minimum absolute atomic E-state index is 0. The van der Waals surface area contributed by atoms with E-state index in [-0.39, 0.29) is 51.2 Å². The van der Waals surface area contributed by atoms with Crippen molar-refractivity contribution in [3.8, 4) is 17.2 Å². The number of aliphatic hydroxyl groups excluding tert-OH is 2. The second-order valence-electron chi connectivity index (χ2n) is 20.7. The van der Waals surface area contributed by atoms with E-state index in [2.05, 4.69) is 25.2 Å². The maximum Gasteiger partial charge on any atom is 0.293 e. The normalized spacial score (nSPS) is 18.6. The summed E-state index contributed by atoms with van der Waals surface area (Å²) in [5.41, 5.74) is 0. The summed E-state index contributed by atoms with van der Waals surface area (Å²) >= 11 is 0. The number of methoxy groups -OCH3 is 1. The number of phenols is 1. The monoisotopic (exact) mass is 1250 g/mol. The smallest absolute Gasteiger partial charge is 0.293 e. The predicted octanol–water partition coefficient (Wildman–Crippen LogP) is 9.32. The van der Waals surface area contributed by atoms with Gasteiger partial charge in [0.05, 0.1) is 44.6 Å². The van der Waals surface area contributed by atoms with Gasteiger partial charge in [0, 0.05) is 36.9 Å². The van der Waals surface area contributed by atoms with Crippen molar-refractivity contribution in [2.45, 2.75) is 124 Å². The van der Waals surface area contributed by atoms with Crippen molar-refractivity contribution in [1.29, 1.82) is 0 Å². The molecule has 3 unspecified atom stereocenters. The number of aliphatic hydroxyl groups is 2. The van der Waals surface area contributed by atoms with Gasteiger partial charge in [-0.1, -0.05) is 53.4 Å². The third kappa shape index (κ3) is 47.9. The van der Waals surface area contributed by atoms with Gasteiger partial charge in [0.15, 0.2) is 0 Å². The molecule has 3 N–H and O–H groups in total. The number of benzene rings is 3. The molecular formula is C59H96B5ClF3N3O14S. The number of piperidine rings is 3. The Morgan fingerprint density at radius 3 is 1.23 bits per heavy atom. The summed E-state index contributed by atoms with van der Waals surface area (Å²) in [7, 11) is 9.77. The molecule has 3 aliphatic heterocycles. The summed E-state index contributed by atoms with van der Waals surface area (Å²) in [4.78, 5) is 45.2. The van der Waals surface area contributed by atoms with Crippen LogP contribution in [0.3, 0.4) is 0 Å². The van der Waals surface area contributed by atoms with Crippen molar-refractivity contribution in [2.75, 3.05) is 92.2 Å². The fourth-order valence-corrected chi connectivity index (χ4v) is 9.40. The number of rotatable bonds is 20. The van der Waals surface area contributed by atoms with Gasteiger partial charge in [0.2, 0.25) is 9.05 Å². The molecule has 4 radical (unpaired) electrons. The second-order valence-corrected chi connectivity index (χ2v) is 23.7. The van der Waals surface area contributed by atoms with Crippen LogP contribution in [0.25, 0.3) is 0 Å². The van der Waals surface area contributed by atoms with E-state index in [0.29, 0.717) is 55.7 Å². The van der Waals surface area contributed by atoms with Crippen molar-refractivity contribution < 1.29 is 79.9 Å². The van der Waals surface area contributed by atoms with Gasteiger partial charge in [-0.25, -0.2) is 21.6 Å². The molecule has 5 aliphatic rings. The molecule has 5 fully saturated rings. The van der Waals surface area contributed by atoms with Crippen molar-refractivity contribution in [1.82, 2.24) is 14.4 Å². The van der Waals surface area contributed by atoms with E-state index in [4.69, 9.17) is 29.5 Å². The van der Waals surface area contributed by atoms with Crippen molar-refractivity contribution in [3.05, 3.63) is 90.2 Å². The van der Waals surface area contributed by atoms with Crippen LogP contribution in [0.1, 0.15) is 118 Å². The minimum atomic E-state index is -3.19. The minimum Gasteiger partial charge on any atom is -0.508 e. The first-order valence-corrected chi connectivity index (χ1v) is 31.6. The van der Waals surface area contributed by atoms with E-state index >= 15 is 0 Å². The summed E-state index contributed by atoms with van der Waals surface area (Å²) in [6, 6.07) is 17.3. The molecule has 27 heteroatoms. The molecule has 0 spiro atoms. The molecule has 2 saturated carbocycles. The summed E-state index contributed by atoms with van der Waals surface area (Å²) in [5, 5.41) is 26.1. The Bertz CT molecular complexity index is 2180. The van der Waals surface area contributed by atoms with E-state index in [1.807, 2.05) is 9.62 Å². The number of hydrogen-bond acceptors (Lipinski definition) is 17. The van der Waals surface area contributed by atoms with E-state index in [1.54, 1.807) is 60.4 Å². The van der Waals surface area contributed by atoms with E-state index in [9.17, 15) is 40.7 Å². The Hall–Kier alpha value is -4.10. The number of carbonyl (C=O) groups is 3. The zero-order valence-corrected chi connectivity index (χ0v) is 50.9. The van der Waals surface area contributed by atoms with Crippen LogP contribution in [0.15, 0.2) is 72.8 Å². The Morgan fingerprint density at radius 1 is 0.558 bits per heavy atom. The Balaban J connectivity index is 0. The van der Waals surface area contributed by atoms with Crippen molar-refractivity contribution >= 4 is 75.2 Å². The molecule has 0 aromatic heterocycles. The molecule has 3 atom stereocenters. The molecular weight excluding hydrogens is 1150 g/mol. The van der Waals surface area contributed by atoms with Crippen LogP contribution in [-0.4, -0.2) is 186 Å². The van der Waals surface area contributed by atoms with E-state index in [1.165, 1.54) is 133 Å². The molecule has 0 amide bonds. The van der Waals surface area contributed by atoms with Gasteiger partial charge >= 0.3 is 42.4 Å². The summed E-state index contributed by atoms with van der Waals surface area (Å²) in [5.74, 6) is 3.48. The molecule has 0 bridgehead atoms. The first-order chi connectivity index (χ1) is 40.5. The average Bonchev–Trinajstić information content (AvgIpc) is 3.56. The standard InChI is InChI=1S/C13H16BFNO2.C13H17FO.C8H15BNO2.C7H13BNO2.C7H14O.C6H5FO.C2H5B2O3.CH3ClO2S.2CH4/c15-12-3-5-13(6-4-12)18-9-11-2-1-7-16(8-11)14-10-17;14-12-6-8-13(9-7-12)15-10-11-4-2-1-3-5-11;1-12-6-8-3-2-4-10(5-8)9-7-11;10-5-7-2-1-3-9(4-7)8-6-11;8-6-7-4-2-1-3-5-7;7-5-1-3-6(8)4-2-5;1-3-7-6-2-4-5;1-5(2,3)4;;/h3-6,10-11H,1-2,7-9H2;6-9,11H,1-5,10H2;7-8H,2-6H2,1H3;6-7,10H,1-5H2;7-8H,1-6H2;1-4,8H;2H2,1H3;1H3;2*1H4. The number of hydrogen-bond donors (Lipinski definition) is 3. The number of nitrogens with zero attached hydrogens (tertiary/aromatic N) is 3. The maximum atomic E-state index is 12.7. The van der Waals surface area contributed by atoms with Crippen LogP contribution < -0.4 is 9.47 Å². The molecule has 17 nitrogen and oxygen atoms in total. The quantitative estimate of drug-likeness (QED) is 0.0240. The van der Waals surface area contributed by atoms with Gasteiger partial charge in [0.1, 0.15) is 34.7 Å².